The normalized spacial score (nSPS) is 28.5. The number of cyclic esters (lactones) is 3. The molecule has 604 valence electrons. The number of allylic oxidation sites excluding steroid dienone is 9. The van der Waals surface area contributed by atoms with Gasteiger partial charge in [0.2, 0.25) is 0 Å². The molecule has 5 aliphatic rings. The van der Waals surface area contributed by atoms with Crippen LogP contribution in [0.2, 0.25) is 0 Å². The molecule has 2 fully saturated rings. The zero-order chi connectivity index (χ0) is 75.9. The van der Waals surface area contributed by atoms with Crippen molar-refractivity contribution in [3.8, 4) is 0 Å². The molecule has 0 bridgehead atoms. The average Bonchev–Trinajstić information content (AvgIpc) is 1.79. The zero-order valence-corrected chi connectivity index (χ0v) is 69.1. The number of quaternary nitrogens is 1. The van der Waals surface area contributed by atoms with E-state index in [1.807, 2.05) is 48.0 Å². The Balaban J connectivity index is 0.000000509. The SMILES string of the molecule is C[C@@H]1C/C=C/CC/C=C/CCCCCCCCCCCC[C@@H](O)CC(=O)O1.C[C@@H]1C/C=C/CC/C=C/CCCCCCCCCCCC[C@@H](OP(=O)([O-])OCC[N+](C)(C)C)CC(=O)O1.C[C@@H]1C/C=C/CC/C=C/CCCCCCCCCCCC[C@@H](OP2(=O)OCCO2)CC(=O)O1.O=P1(Cl)OCCO1. The molecule has 1 unspecified atom stereocenters. The van der Waals surface area contributed by atoms with Gasteiger partial charge >= 0.3 is 32.7 Å². The van der Waals surface area contributed by atoms with Gasteiger partial charge in [0.15, 0.2) is 0 Å². The molecule has 2 saturated heterocycles. The lowest BCUT2D eigenvalue weighted by Crippen LogP contribution is -2.37. The van der Waals surface area contributed by atoms with Crippen LogP contribution in [0.5, 0.6) is 0 Å². The first-order chi connectivity index (χ1) is 50.0. The standard InChI is InChI=1S/C29H54NO6P.C26H45O6P.C24H42O3.C2H4ClO3P/c1-27-22-20-18-16-14-12-10-8-6-5-7-9-11-13-15-17-19-21-23-28(26-29(31)35-27)36-37(32,33)34-25-24-30(2,3)4;1-24-19-17-15-13-11-9-7-5-3-2-4-6-8-10-12-14-16-18-20-25(23-26(27)31-24)32-33(28)29-21-22-30-33;1-22-19-17-15-13-11-9-7-5-3-2-4-6-8-10-12-14-16-18-20-23(25)21-24(26)27-22;3-7(4)5-1-2-6-7/h10,12,18,20,27-28H,5-9,11,13-17,19,21-26H2,1-4H3;7,9,15,17,24-25H,2-6,8,10-14,16,18-23H2,1H3;7,9,15,17,22-23,25H,2-6,8,10-14,16,18-21H2,1H3;1-2H2/b12-10+,20-18+;2*9-7+,17-15+;/t27-,28-;24-,25-;22-,23-;/m111./s1. The fourth-order valence-corrected chi connectivity index (χ4v) is 15.5. The largest absolute Gasteiger partial charge is 0.756 e. The molecule has 104 heavy (non-hydrogen) atoms. The summed E-state index contributed by atoms with van der Waals surface area (Å²) in [5.74, 6) is -1.04. The number of aliphatic hydroxyl groups is 1. The molecule has 0 aromatic heterocycles. The van der Waals surface area contributed by atoms with Crippen LogP contribution in [0.25, 0.3) is 0 Å². The Morgan fingerprint density at radius 1 is 0.433 bits per heavy atom. The van der Waals surface area contributed by atoms with E-state index in [0.29, 0.717) is 56.3 Å². The van der Waals surface area contributed by atoms with E-state index in [1.54, 1.807) is 0 Å². The minimum absolute atomic E-state index is 0.0423. The van der Waals surface area contributed by atoms with Crippen molar-refractivity contribution in [2.75, 3.05) is 60.7 Å². The number of phosphoric ester groups is 2. The molecule has 0 spiro atoms. The Bertz CT molecular complexity index is 2470. The summed E-state index contributed by atoms with van der Waals surface area (Å²) in [7, 11) is -2.17. The molecule has 23 heteroatoms. The Morgan fingerprint density at radius 2 is 0.721 bits per heavy atom. The maximum absolute atomic E-state index is 12.6. The third kappa shape index (κ3) is 63.2. The van der Waals surface area contributed by atoms with Crippen LogP contribution < -0.4 is 4.89 Å². The summed E-state index contributed by atoms with van der Waals surface area (Å²) in [4.78, 5) is 49.4. The van der Waals surface area contributed by atoms with Crippen LogP contribution in [-0.2, 0) is 74.0 Å². The molecule has 0 aliphatic carbocycles. The van der Waals surface area contributed by atoms with Crippen LogP contribution in [0.4, 0.5) is 0 Å². The van der Waals surface area contributed by atoms with E-state index in [4.69, 9.17) is 48.1 Å². The van der Waals surface area contributed by atoms with Crippen molar-refractivity contribution in [1.82, 2.24) is 0 Å². The van der Waals surface area contributed by atoms with E-state index in [1.165, 1.54) is 167 Å². The second kappa shape index (κ2) is 64.1. The quantitative estimate of drug-likeness (QED) is 0.0781. The highest BCUT2D eigenvalue weighted by atomic mass is 35.7. The lowest BCUT2D eigenvalue weighted by Gasteiger charge is -2.30. The fourth-order valence-electron chi connectivity index (χ4n) is 12.2. The second-order valence-electron chi connectivity index (χ2n) is 29.7. The number of hydrogen-bond donors (Lipinski definition) is 1. The van der Waals surface area contributed by atoms with Crippen molar-refractivity contribution in [1.29, 1.82) is 0 Å². The van der Waals surface area contributed by atoms with Crippen LogP contribution in [0.1, 0.15) is 329 Å². The van der Waals surface area contributed by atoms with E-state index < -0.39 is 46.9 Å². The number of esters is 3. The number of carbonyl (C=O) groups excluding carboxylic acids is 3. The van der Waals surface area contributed by atoms with Crippen molar-refractivity contribution < 1.29 is 88.4 Å². The highest BCUT2D eigenvalue weighted by Gasteiger charge is 2.36. The number of hydrogen-bond acceptors (Lipinski definition) is 18. The van der Waals surface area contributed by atoms with Crippen LogP contribution in [-0.4, -0.2) is 125 Å². The van der Waals surface area contributed by atoms with E-state index in [0.717, 1.165) is 89.9 Å². The number of likely N-dealkylation sites (N-methyl/N-ethyl adjacent to an activating group) is 1. The predicted molar refractivity (Wildman–Crippen MR) is 420 cm³/mol. The Labute approximate surface area is 636 Å². The molecular formula is C81H145ClNO18P3. The van der Waals surface area contributed by atoms with Gasteiger partial charge in [-0.3, -0.25) is 41.6 Å². The molecular weight excluding hydrogens is 1400 g/mol. The first kappa shape index (κ1) is 97.5. The van der Waals surface area contributed by atoms with Gasteiger partial charge in [-0.05, 0) is 117 Å². The van der Waals surface area contributed by atoms with Crippen LogP contribution in [0.3, 0.4) is 0 Å². The Hall–Kier alpha value is -2.57. The maximum Gasteiger partial charge on any atom is 0.475 e. The van der Waals surface area contributed by atoms with Gasteiger partial charge < -0.3 is 37.7 Å². The van der Waals surface area contributed by atoms with Gasteiger partial charge in [-0.15, -0.1) is 0 Å². The first-order valence-electron chi connectivity index (χ1n) is 40.8. The van der Waals surface area contributed by atoms with Gasteiger partial charge in [-0.1, -0.05) is 246 Å². The molecule has 5 aliphatic heterocycles. The summed E-state index contributed by atoms with van der Waals surface area (Å²) in [6, 6.07) is 0. The van der Waals surface area contributed by atoms with E-state index in [9.17, 15) is 38.1 Å². The molecule has 0 aromatic carbocycles. The Kier molecular flexibility index (Phi) is 60.1. The van der Waals surface area contributed by atoms with Crippen LogP contribution in [0, 0.1) is 0 Å². The number of halogens is 1. The average molecular weight is 1550 g/mol. The number of aliphatic hydroxyl groups excluding tert-OH is 1. The van der Waals surface area contributed by atoms with Crippen molar-refractivity contribution in [3.05, 3.63) is 72.9 Å². The Morgan fingerprint density at radius 3 is 1.07 bits per heavy atom. The van der Waals surface area contributed by atoms with Gasteiger partial charge in [-0.2, -0.15) is 0 Å². The van der Waals surface area contributed by atoms with Crippen molar-refractivity contribution >= 4 is 51.7 Å². The summed E-state index contributed by atoms with van der Waals surface area (Å²) >= 11 is 5.08. The molecule has 1 N–H and O–H groups in total. The topological polar surface area (TPSA) is 238 Å². The highest BCUT2D eigenvalue weighted by molar-refractivity contribution is 7.81. The van der Waals surface area contributed by atoms with Gasteiger partial charge in [0, 0.05) is 30.5 Å². The maximum atomic E-state index is 12.6. The first-order valence-corrected chi connectivity index (χ1v) is 46.2. The number of carbonyl (C=O) groups is 3. The van der Waals surface area contributed by atoms with Gasteiger partial charge in [-0.25, -0.2) is 9.13 Å². The molecule has 5 heterocycles. The predicted octanol–water partition coefficient (Wildman–Crippen LogP) is 22.7. The summed E-state index contributed by atoms with van der Waals surface area (Å²) in [5, 5.41) is 10.0. The third-order valence-corrected chi connectivity index (χ3v) is 22.4. The zero-order valence-electron chi connectivity index (χ0n) is 65.6. The summed E-state index contributed by atoms with van der Waals surface area (Å²) < 4.78 is 87.7. The molecule has 0 saturated carbocycles. The van der Waals surface area contributed by atoms with Crippen LogP contribution in [0.15, 0.2) is 72.9 Å². The summed E-state index contributed by atoms with van der Waals surface area (Å²) in [6.07, 6.45) is 74.7. The molecule has 0 aromatic rings. The van der Waals surface area contributed by atoms with Gasteiger partial charge in [0.1, 0.15) is 31.5 Å². The monoisotopic (exact) mass is 1550 g/mol. The lowest BCUT2D eigenvalue weighted by atomic mass is 10.0. The molecule has 0 radical (unpaired) electrons. The van der Waals surface area contributed by atoms with E-state index >= 15 is 0 Å². The van der Waals surface area contributed by atoms with Crippen molar-refractivity contribution in [2.24, 2.45) is 0 Å². The van der Waals surface area contributed by atoms with E-state index in [2.05, 4.69) is 75.9 Å². The number of phosphoric acid groups is 2. The highest BCUT2D eigenvalue weighted by Crippen LogP contribution is 2.56. The fraction of sp³-hybridized carbons (Fsp3) is 0.815. The number of rotatable bonds is 8. The lowest BCUT2D eigenvalue weighted by molar-refractivity contribution is -0.870. The van der Waals surface area contributed by atoms with Crippen LogP contribution >= 0.6 is 33.8 Å². The third-order valence-electron chi connectivity index (χ3n) is 18.3. The minimum Gasteiger partial charge on any atom is -0.756 e. The molecule has 7 atom stereocenters. The number of nitrogens with zero attached hydrogens (tertiary/aromatic N) is 1. The summed E-state index contributed by atoms with van der Waals surface area (Å²) in [5.41, 5.74) is 0. The molecule has 0 amide bonds. The van der Waals surface area contributed by atoms with Gasteiger partial charge in [0.05, 0.1) is 85.1 Å². The van der Waals surface area contributed by atoms with Crippen molar-refractivity contribution in [2.45, 2.75) is 366 Å². The van der Waals surface area contributed by atoms with Gasteiger partial charge in [0.25, 0.3) is 7.82 Å². The molecule has 19 nitrogen and oxygen atoms in total. The number of ether oxygens (including phenoxy) is 3. The minimum atomic E-state index is -4.51. The van der Waals surface area contributed by atoms with Crippen molar-refractivity contribution in [3.63, 3.8) is 0 Å². The smallest absolute Gasteiger partial charge is 0.475 e. The van der Waals surface area contributed by atoms with E-state index in [-0.39, 0.29) is 69.3 Å². The summed E-state index contributed by atoms with van der Waals surface area (Å²) in [6.45, 7) is 4.38. The second-order valence-corrected chi connectivity index (χ2v) is 35.3. The molecule has 5 rings (SSSR count).